The van der Waals surface area contributed by atoms with E-state index < -0.39 is 5.97 Å². The van der Waals surface area contributed by atoms with Crippen LogP contribution in [0.4, 0.5) is 17.6 Å². The Morgan fingerprint density at radius 2 is 1.83 bits per heavy atom. The molecule has 0 amide bonds. The van der Waals surface area contributed by atoms with Gasteiger partial charge in [-0.1, -0.05) is 0 Å². The van der Waals surface area contributed by atoms with E-state index in [-0.39, 0.29) is 6.42 Å². The SMILES string of the molecule is Nc1nc(N2CCC(c3cc(CC(=O)O)[nH]n3)CC2)cc(N2C3CCC2COC3)n1. The number of hydrogen-bond donors (Lipinski definition) is 3. The largest absolute Gasteiger partial charge is 0.481 e. The molecular weight excluding hydrogens is 386 g/mol. The van der Waals surface area contributed by atoms with Gasteiger partial charge < -0.3 is 25.4 Å². The molecule has 10 nitrogen and oxygen atoms in total. The van der Waals surface area contributed by atoms with E-state index in [2.05, 4.69) is 36.0 Å². The van der Waals surface area contributed by atoms with Crippen molar-refractivity contribution in [1.29, 1.82) is 0 Å². The van der Waals surface area contributed by atoms with E-state index in [1.165, 1.54) is 0 Å². The first-order valence-electron chi connectivity index (χ1n) is 10.6. The van der Waals surface area contributed by atoms with E-state index in [0.29, 0.717) is 29.6 Å². The van der Waals surface area contributed by atoms with Gasteiger partial charge in [0.2, 0.25) is 5.95 Å². The van der Waals surface area contributed by atoms with Gasteiger partial charge in [-0.05, 0) is 31.7 Å². The third-order valence-corrected chi connectivity index (χ3v) is 6.45. The topological polar surface area (TPSA) is 133 Å². The molecule has 0 spiro atoms. The maximum atomic E-state index is 10.9. The molecular formula is C20H27N7O3. The van der Waals surface area contributed by atoms with Crippen LogP contribution in [0.5, 0.6) is 0 Å². The van der Waals surface area contributed by atoms with E-state index in [9.17, 15) is 4.79 Å². The molecule has 4 N–H and O–H groups in total. The van der Waals surface area contributed by atoms with Gasteiger partial charge >= 0.3 is 5.97 Å². The maximum Gasteiger partial charge on any atom is 0.309 e. The third kappa shape index (κ3) is 3.67. The predicted molar refractivity (Wildman–Crippen MR) is 111 cm³/mol. The van der Waals surface area contributed by atoms with Crippen molar-refractivity contribution in [2.24, 2.45) is 0 Å². The van der Waals surface area contributed by atoms with Crippen molar-refractivity contribution in [2.45, 2.75) is 50.1 Å². The smallest absolute Gasteiger partial charge is 0.309 e. The van der Waals surface area contributed by atoms with Crippen LogP contribution in [0.25, 0.3) is 0 Å². The van der Waals surface area contributed by atoms with Crippen molar-refractivity contribution in [2.75, 3.05) is 41.8 Å². The van der Waals surface area contributed by atoms with Crippen molar-refractivity contribution in [3.63, 3.8) is 0 Å². The number of carboxylic acid groups (broad SMARTS) is 1. The van der Waals surface area contributed by atoms with Crippen LogP contribution in [-0.4, -0.2) is 69.6 Å². The summed E-state index contributed by atoms with van der Waals surface area (Å²) in [7, 11) is 0. The van der Waals surface area contributed by atoms with E-state index in [4.69, 9.17) is 15.6 Å². The second-order valence-corrected chi connectivity index (χ2v) is 8.42. The number of ether oxygens (including phenoxy) is 1. The number of aromatic nitrogens is 4. The van der Waals surface area contributed by atoms with Crippen LogP contribution in [0.1, 0.15) is 43.0 Å². The van der Waals surface area contributed by atoms with Crippen molar-refractivity contribution in [3.05, 3.63) is 23.5 Å². The van der Waals surface area contributed by atoms with Crippen molar-refractivity contribution in [3.8, 4) is 0 Å². The minimum Gasteiger partial charge on any atom is -0.481 e. The number of H-pyrrole nitrogens is 1. The molecule has 3 saturated heterocycles. The lowest BCUT2D eigenvalue weighted by atomic mass is 9.93. The monoisotopic (exact) mass is 413 g/mol. The molecule has 10 heteroatoms. The first-order valence-corrected chi connectivity index (χ1v) is 10.6. The van der Waals surface area contributed by atoms with E-state index >= 15 is 0 Å². The highest BCUT2D eigenvalue weighted by Crippen LogP contribution is 2.35. The molecule has 0 saturated carbocycles. The Kier molecular flexibility index (Phi) is 4.93. The zero-order chi connectivity index (χ0) is 20.7. The molecule has 2 bridgehead atoms. The van der Waals surface area contributed by atoms with E-state index in [1.807, 2.05) is 6.07 Å². The van der Waals surface area contributed by atoms with Crippen LogP contribution in [-0.2, 0) is 16.0 Å². The highest BCUT2D eigenvalue weighted by molar-refractivity contribution is 5.69. The number of aromatic amines is 1. The van der Waals surface area contributed by atoms with Gasteiger partial charge in [0.25, 0.3) is 0 Å². The first kappa shape index (κ1) is 19.1. The molecule has 0 aromatic carbocycles. The minimum absolute atomic E-state index is 0.0294. The number of fused-ring (bicyclic) bond motifs is 2. The Bertz CT molecular complexity index is 909. The molecule has 0 aliphatic carbocycles. The van der Waals surface area contributed by atoms with Gasteiger partial charge in [0.05, 0.1) is 37.4 Å². The summed E-state index contributed by atoms with van der Waals surface area (Å²) in [6.45, 7) is 3.18. The predicted octanol–water partition coefficient (Wildman–Crippen LogP) is 1.16. The van der Waals surface area contributed by atoms with Crippen molar-refractivity contribution in [1.82, 2.24) is 20.2 Å². The zero-order valence-electron chi connectivity index (χ0n) is 16.8. The number of nitrogens with one attached hydrogen (secondary N) is 1. The Morgan fingerprint density at radius 1 is 1.13 bits per heavy atom. The summed E-state index contributed by atoms with van der Waals surface area (Å²) in [6, 6.07) is 4.68. The number of carboxylic acids is 1. The summed E-state index contributed by atoms with van der Waals surface area (Å²) in [5, 5.41) is 16.1. The molecule has 5 heterocycles. The summed E-state index contributed by atoms with van der Waals surface area (Å²) in [4.78, 5) is 24.5. The summed E-state index contributed by atoms with van der Waals surface area (Å²) in [5.74, 6) is 1.54. The normalized spacial score (nSPS) is 24.4. The lowest BCUT2D eigenvalue weighted by Crippen LogP contribution is -2.46. The van der Waals surface area contributed by atoms with Gasteiger partial charge in [0, 0.05) is 30.8 Å². The lowest BCUT2D eigenvalue weighted by molar-refractivity contribution is -0.136. The number of piperidine rings is 1. The van der Waals surface area contributed by atoms with Crippen molar-refractivity contribution < 1.29 is 14.6 Å². The van der Waals surface area contributed by atoms with Gasteiger partial charge in [-0.3, -0.25) is 9.89 Å². The maximum absolute atomic E-state index is 10.9. The van der Waals surface area contributed by atoms with Crippen molar-refractivity contribution >= 4 is 23.6 Å². The molecule has 3 fully saturated rings. The summed E-state index contributed by atoms with van der Waals surface area (Å²) in [6.07, 6.45) is 4.09. The number of anilines is 3. The van der Waals surface area contributed by atoms with Crippen LogP contribution < -0.4 is 15.5 Å². The molecule has 2 atom stereocenters. The molecule has 0 radical (unpaired) electrons. The number of carbonyl (C=O) groups is 1. The van der Waals surface area contributed by atoms with Crippen LogP contribution in [0, 0.1) is 0 Å². The van der Waals surface area contributed by atoms with Gasteiger partial charge in [0.1, 0.15) is 11.6 Å². The van der Waals surface area contributed by atoms with E-state index in [1.54, 1.807) is 0 Å². The van der Waals surface area contributed by atoms with Crippen LogP contribution in [0.3, 0.4) is 0 Å². The Labute approximate surface area is 174 Å². The Balaban J connectivity index is 1.28. The summed E-state index contributed by atoms with van der Waals surface area (Å²) in [5.41, 5.74) is 7.67. The Morgan fingerprint density at radius 3 is 2.53 bits per heavy atom. The standard InChI is InChI=1S/C20H27N7O3/c21-20-22-17(9-18(23-20)27-14-1-2-15(27)11-30-10-14)26-5-3-12(4-6-26)16-7-13(24-25-16)8-19(28)29/h7,9,12,14-15H,1-6,8,10-11H2,(H,24,25)(H,28,29)(H2,21,22,23). The number of rotatable bonds is 5. The fourth-order valence-electron chi connectivity index (χ4n) is 4.98. The number of morpholine rings is 1. The van der Waals surface area contributed by atoms with E-state index in [0.717, 1.165) is 69.3 Å². The zero-order valence-corrected chi connectivity index (χ0v) is 16.8. The third-order valence-electron chi connectivity index (χ3n) is 6.45. The van der Waals surface area contributed by atoms with Gasteiger partial charge in [0.15, 0.2) is 0 Å². The fourth-order valence-corrected chi connectivity index (χ4v) is 4.98. The molecule has 2 aromatic heterocycles. The molecule has 30 heavy (non-hydrogen) atoms. The molecule has 3 aliphatic rings. The second-order valence-electron chi connectivity index (χ2n) is 8.42. The average Bonchev–Trinajstić information content (AvgIpc) is 3.29. The lowest BCUT2D eigenvalue weighted by Gasteiger charge is -2.37. The number of aliphatic carboxylic acids is 1. The highest BCUT2D eigenvalue weighted by Gasteiger charge is 2.38. The van der Waals surface area contributed by atoms with Gasteiger partial charge in [-0.15, -0.1) is 0 Å². The molecule has 3 aliphatic heterocycles. The number of nitrogens with two attached hydrogens (primary N) is 1. The van der Waals surface area contributed by atoms with Gasteiger partial charge in [-0.25, -0.2) is 0 Å². The van der Waals surface area contributed by atoms with Crippen LogP contribution in [0.2, 0.25) is 0 Å². The number of hydrogen-bond acceptors (Lipinski definition) is 8. The van der Waals surface area contributed by atoms with Crippen LogP contribution in [0.15, 0.2) is 12.1 Å². The van der Waals surface area contributed by atoms with Gasteiger partial charge in [-0.2, -0.15) is 15.1 Å². The summed E-state index contributed by atoms with van der Waals surface area (Å²) >= 11 is 0. The van der Waals surface area contributed by atoms with Crippen LogP contribution >= 0.6 is 0 Å². The number of nitrogens with zero attached hydrogens (tertiary/aromatic N) is 5. The molecule has 2 unspecified atom stereocenters. The highest BCUT2D eigenvalue weighted by atomic mass is 16.5. The molecule has 160 valence electrons. The second kappa shape index (κ2) is 7.75. The minimum atomic E-state index is -0.856. The molecule has 2 aromatic rings. The Hall–Kier alpha value is -2.88. The fraction of sp³-hybridized carbons (Fsp3) is 0.600. The summed E-state index contributed by atoms with van der Waals surface area (Å²) < 4.78 is 5.69. The average molecular weight is 413 g/mol. The quantitative estimate of drug-likeness (QED) is 0.660. The number of nitrogen functional groups attached to an aromatic ring is 1. The molecule has 5 rings (SSSR count). The first-order chi connectivity index (χ1) is 14.6.